The van der Waals surface area contributed by atoms with Gasteiger partial charge >= 0.3 is 6.18 Å². The Morgan fingerprint density at radius 2 is 2.00 bits per heavy atom. The maximum atomic E-state index is 13.6. The van der Waals surface area contributed by atoms with Gasteiger partial charge in [-0.15, -0.1) is 0 Å². The van der Waals surface area contributed by atoms with Crippen LogP contribution in [0.25, 0.3) is 22.6 Å². The van der Waals surface area contributed by atoms with Crippen molar-refractivity contribution in [2.75, 3.05) is 0 Å². The van der Waals surface area contributed by atoms with Gasteiger partial charge in [-0.2, -0.15) is 23.0 Å². The summed E-state index contributed by atoms with van der Waals surface area (Å²) in [5, 5.41) is 7.72. The van der Waals surface area contributed by atoms with E-state index in [0.29, 0.717) is 16.8 Å². The summed E-state index contributed by atoms with van der Waals surface area (Å²) in [5.41, 5.74) is -0.497. The Labute approximate surface area is 158 Å². The maximum absolute atomic E-state index is 13.6. The Kier molecular flexibility index (Phi) is 5.04. The maximum Gasteiger partial charge on any atom is 0.418 e. The molecule has 0 fully saturated rings. The normalized spacial score (nSPS) is 12.2. The van der Waals surface area contributed by atoms with E-state index in [2.05, 4.69) is 16.8 Å². The van der Waals surface area contributed by atoms with Crippen molar-refractivity contribution in [3.05, 3.63) is 82.4 Å². The number of alkyl halides is 3. The zero-order valence-electron chi connectivity index (χ0n) is 15.1. The molecule has 5 nitrogen and oxygen atoms in total. The van der Waals surface area contributed by atoms with Gasteiger partial charge in [-0.25, -0.2) is 0 Å². The summed E-state index contributed by atoms with van der Waals surface area (Å²) in [4.78, 5) is 12.6. The van der Waals surface area contributed by atoms with E-state index in [1.54, 1.807) is 13.0 Å². The minimum Gasteiger partial charge on any atom is -0.356 e. The number of nitrogens with zero attached hydrogens (tertiary/aromatic N) is 3. The second-order valence-electron chi connectivity index (χ2n) is 5.98. The molecule has 28 heavy (non-hydrogen) atoms. The lowest BCUT2D eigenvalue weighted by Crippen LogP contribution is -2.26. The van der Waals surface area contributed by atoms with Gasteiger partial charge in [-0.05, 0) is 37.6 Å². The number of allylic oxidation sites excluding steroid dienone is 3. The smallest absolute Gasteiger partial charge is 0.356 e. The molecule has 0 atom stereocenters. The van der Waals surface area contributed by atoms with Gasteiger partial charge < -0.3 is 4.52 Å². The molecule has 0 N–H and O–H groups in total. The Morgan fingerprint density at radius 1 is 1.25 bits per heavy atom. The highest BCUT2D eigenvalue weighted by Crippen LogP contribution is 2.35. The molecule has 0 aliphatic heterocycles. The highest BCUT2D eigenvalue weighted by Gasteiger charge is 2.35. The van der Waals surface area contributed by atoms with Crippen LogP contribution in [0.5, 0.6) is 0 Å². The van der Waals surface area contributed by atoms with E-state index >= 15 is 0 Å². The summed E-state index contributed by atoms with van der Waals surface area (Å²) in [6.45, 7) is 6.94. The largest absolute Gasteiger partial charge is 0.418 e. The molecule has 0 amide bonds. The summed E-state index contributed by atoms with van der Waals surface area (Å²) in [6.07, 6.45) is -0.0716. The topological polar surface area (TPSA) is 60.9 Å². The first-order chi connectivity index (χ1) is 13.3. The molecule has 0 bridgehead atoms. The molecular formula is C20H16F3N3O2. The number of benzene rings is 1. The van der Waals surface area contributed by atoms with Gasteiger partial charge in [-0.3, -0.25) is 4.79 Å². The first-order valence-electron chi connectivity index (χ1n) is 8.29. The van der Waals surface area contributed by atoms with Crippen molar-refractivity contribution in [1.29, 1.82) is 0 Å². The lowest BCUT2D eigenvalue weighted by atomic mass is 10.1. The quantitative estimate of drug-likeness (QED) is 0.603. The lowest BCUT2D eigenvalue weighted by Gasteiger charge is -2.16. The third-order valence-electron chi connectivity index (χ3n) is 4.17. The van der Waals surface area contributed by atoms with Crippen LogP contribution in [0.15, 0.2) is 64.6 Å². The van der Waals surface area contributed by atoms with Crippen molar-refractivity contribution in [2.24, 2.45) is 0 Å². The molecule has 2 aromatic heterocycles. The van der Waals surface area contributed by atoms with Crippen LogP contribution in [-0.4, -0.2) is 14.9 Å². The second-order valence-corrected chi connectivity index (χ2v) is 5.98. The molecule has 2 heterocycles. The van der Waals surface area contributed by atoms with Crippen molar-refractivity contribution >= 4 is 5.57 Å². The summed E-state index contributed by atoms with van der Waals surface area (Å²) < 4.78 is 46.7. The minimum absolute atomic E-state index is 0.254. The van der Waals surface area contributed by atoms with Gasteiger partial charge in [-0.1, -0.05) is 30.0 Å². The number of halogens is 3. The van der Waals surface area contributed by atoms with E-state index in [4.69, 9.17) is 4.52 Å². The molecule has 0 aliphatic rings. The SMILES string of the molecule is C=C/C(=C\C)c1cc(C)c(=O)n(-c2cc(-c3ccno3)ccc2C(F)(F)F)n1. The van der Waals surface area contributed by atoms with Crippen LogP contribution in [0.3, 0.4) is 0 Å². The highest BCUT2D eigenvalue weighted by atomic mass is 19.4. The summed E-state index contributed by atoms with van der Waals surface area (Å²) in [6, 6.07) is 6.40. The molecule has 0 aliphatic carbocycles. The summed E-state index contributed by atoms with van der Waals surface area (Å²) in [5.74, 6) is 0.274. The van der Waals surface area contributed by atoms with E-state index < -0.39 is 23.0 Å². The van der Waals surface area contributed by atoms with Gasteiger partial charge in [0, 0.05) is 17.2 Å². The van der Waals surface area contributed by atoms with Crippen molar-refractivity contribution in [2.45, 2.75) is 20.0 Å². The fourth-order valence-corrected chi connectivity index (χ4v) is 2.76. The average molecular weight is 387 g/mol. The van der Waals surface area contributed by atoms with Crippen molar-refractivity contribution in [1.82, 2.24) is 14.9 Å². The van der Waals surface area contributed by atoms with Gasteiger partial charge in [0.05, 0.1) is 23.1 Å². The molecule has 3 aromatic rings. The molecule has 8 heteroatoms. The Balaban J connectivity index is 2.34. The van der Waals surface area contributed by atoms with Crippen LogP contribution in [0, 0.1) is 6.92 Å². The molecular weight excluding hydrogens is 371 g/mol. The van der Waals surface area contributed by atoms with Crippen LogP contribution < -0.4 is 5.56 Å². The third kappa shape index (κ3) is 3.53. The van der Waals surface area contributed by atoms with Crippen LogP contribution in [0.2, 0.25) is 0 Å². The molecule has 0 spiro atoms. The Bertz CT molecular complexity index is 1110. The lowest BCUT2D eigenvalue weighted by molar-refractivity contribution is -0.137. The number of rotatable bonds is 4. The Hall–Kier alpha value is -3.42. The van der Waals surface area contributed by atoms with E-state index in [1.165, 1.54) is 43.5 Å². The van der Waals surface area contributed by atoms with E-state index in [1.807, 2.05) is 0 Å². The van der Waals surface area contributed by atoms with Gasteiger partial charge in [0.1, 0.15) is 0 Å². The highest BCUT2D eigenvalue weighted by molar-refractivity contribution is 5.71. The standard InChI is InChI=1S/C20H16F3N3O2/c1-4-13(5-2)16-10-12(3)19(27)26(25-16)17-11-14(18-8-9-24-28-18)6-7-15(17)20(21,22)23/h4-11H,1H2,2-3H3/b13-5+. The number of hydrogen-bond acceptors (Lipinski definition) is 4. The number of aryl methyl sites for hydroxylation is 1. The molecule has 0 unspecified atom stereocenters. The molecule has 3 rings (SSSR count). The summed E-state index contributed by atoms with van der Waals surface area (Å²) in [7, 11) is 0. The summed E-state index contributed by atoms with van der Waals surface area (Å²) >= 11 is 0. The first-order valence-corrected chi connectivity index (χ1v) is 8.29. The molecule has 1 aromatic carbocycles. The van der Waals surface area contributed by atoms with Crippen molar-refractivity contribution in [3.8, 4) is 17.0 Å². The van der Waals surface area contributed by atoms with Crippen molar-refractivity contribution < 1.29 is 17.7 Å². The minimum atomic E-state index is -4.68. The monoisotopic (exact) mass is 387 g/mol. The van der Waals surface area contributed by atoms with Gasteiger partial charge in [0.25, 0.3) is 5.56 Å². The van der Waals surface area contributed by atoms with Crippen molar-refractivity contribution in [3.63, 3.8) is 0 Å². The van der Waals surface area contributed by atoms with Crippen LogP contribution in [-0.2, 0) is 6.18 Å². The Morgan fingerprint density at radius 3 is 2.57 bits per heavy atom. The van der Waals surface area contributed by atoms with E-state index in [-0.39, 0.29) is 11.3 Å². The van der Waals surface area contributed by atoms with E-state index in [0.717, 1.165) is 10.7 Å². The predicted molar refractivity (Wildman–Crippen MR) is 98.9 cm³/mol. The molecule has 0 saturated carbocycles. The predicted octanol–water partition coefficient (Wildman–Crippen LogP) is 4.80. The average Bonchev–Trinajstić information content (AvgIpc) is 3.19. The molecule has 144 valence electrons. The number of hydrogen-bond donors (Lipinski definition) is 0. The molecule has 0 radical (unpaired) electrons. The van der Waals surface area contributed by atoms with Crippen LogP contribution in [0.4, 0.5) is 13.2 Å². The first kappa shape index (κ1) is 19.3. The zero-order valence-corrected chi connectivity index (χ0v) is 15.1. The van der Waals surface area contributed by atoms with Crippen LogP contribution in [0.1, 0.15) is 23.7 Å². The number of aromatic nitrogens is 3. The van der Waals surface area contributed by atoms with Gasteiger partial charge in [0.2, 0.25) is 0 Å². The van der Waals surface area contributed by atoms with Gasteiger partial charge in [0.15, 0.2) is 5.76 Å². The third-order valence-corrected chi connectivity index (χ3v) is 4.17. The fourth-order valence-electron chi connectivity index (χ4n) is 2.76. The fraction of sp³-hybridized carbons (Fsp3) is 0.150. The van der Waals surface area contributed by atoms with Crippen LogP contribution >= 0.6 is 0 Å². The zero-order chi connectivity index (χ0) is 20.5. The van der Waals surface area contributed by atoms with E-state index in [9.17, 15) is 18.0 Å². The second kappa shape index (κ2) is 7.30. The molecule has 0 saturated heterocycles.